The van der Waals surface area contributed by atoms with E-state index in [1.807, 2.05) is 12.1 Å². The van der Waals surface area contributed by atoms with Crippen molar-refractivity contribution in [2.75, 3.05) is 14.2 Å². The van der Waals surface area contributed by atoms with Crippen molar-refractivity contribution in [1.82, 2.24) is 0 Å². The Morgan fingerprint density at radius 3 is 2.05 bits per heavy atom. The van der Waals surface area contributed by atoms with E-state index in [1.54, 1.807) is 37.5 Å². The first kappa shape index (κ1) is 28.1. The molecule has 3 rings (SSSR count). The summed E-state index contributed by atoms with van der Waals surface area (Å²) < 4.78 is 16.5. The average Bonchev–Trinajstić information content (AvgIpc) is 2.90. The summed E-state index contributed by atoms with van der Waals surface area (Å²) in [4.78, 5) is 12.2. The summed E-state index contributed by atoms with van der Waals surface area (Å²) in [5.74, 6) is 0.904. The van der Waals surface area contributed by atoms with Gasteiger partial charge in [-0.2, -0.15) is 0 Å². The Morgan fingerprint density at radius 2 is 1.42 bits per heavy atom. The maximum Gasteiger partial charge on any atom is 0.182 e. The number of ether oxygens (including phenoxy) is 3. The Kier molecular flexibility index (Phi) is 9.39. The molecule has 0 aliphatic heterocycles. The molecule has 3 aromatic carbocycles. The minimum absolute atomic E-state index is 0.0146. The van der Waals surface area contributed by atoms with Gasteiger partial charge in [-0.25, -0.2) is 0 Å². The first-order valence-corrected chi connectivity index (χ1v) is 12.2. The number of allylic oxidation sites excluding steroid dienone is 3. The Morgan fingerprint density at radius 1 is 0.816 bits per heavy atom. The highest BCUT2D eigenvalue weighted by molar-refractivity contribution is 6.02. The normalized spacial score (nSPS) is 12.2. The number of aliphatic hydroxyl groups excluding tert-OH is 1. The fraction of sp³-hybridized carbons (Fsp3) is 0.219. The molecule has 38 heavy (non-hydrogen) atoms. The van der Waals surface area contributed by atoms with Crippen LogP contribution in [-0.4, -0.2) is 30.2 Å². The molecule has 0 radical (unpaired) electrons. The quantitative estimate of drug-likeness (QED) is 0.172. The van der Waals surface area contributed by atoms with Gasteiger partial charge in [0.15, 0.2) is 28.8 Å². The smallest absolute Gasteiger partial charge is 0.182 e. The third-order valence-corrected chi connectivity index (χ3v) is 5.78. The zero-order valence-electron chi connectivity index (χ0n) is 22.4. The second kappa shape index (κ2) is 12.7. The lowest BCUT2D eigenvalue weighted by molar-refractivity contribution is -0.110. The van der Waals surface area contributed by atoms with Crippen molar-refractivity contribution in [2.24, 2.45) is 0 Å². The van der Waals surface area contributed by atoms with Crippen LogP contribution in [0.15, 0.2) is 84.7 Å². The number of hydrogen-bond acceptors (Lipinski definition) is 6. The van der Waals surface area contributed by atoms with Gasteiger partial charge in [0.25, 0.3) is 0 Å². The number of benzene rings is 3. The van der Waals surface area contributed by atoms with E-state index in [4.69, 9.17) is 14.2 Å². The number of ketones is 1. The van der Waals surface area contributed by atoms with Gasteiger partial charge in [-0.15, -0.1) is 0 Å². The predicted octanol–water partition coefficient (Wildman–Crippen LogP) is 7.02. The van der Waals surface area contributed by atoms with Crippen LogP contribution in [0.1, 0.15) is 43.0 Å². The van der Waals surface area contributed by atoms with Crippen LogP contribution >= 0.6 is 0 Å². The monoisotopic (exact) mass is 514 g/mol. The Labute approximate surface area is 224 Å². The van der Waals surface area contributed by atoms with Gasteiger partial charge in [0.2, 0.25) is 0 Å². The Hall–Kier alpha value is -4.45. The van der Waals surface area contributed by atoms with Crippen molar-refractivity contribution in [3.63, 3.8) is 0 Å². The van der Waals surface area contributed by atoms with E-state index in [9.17, 15) is 15.0 Å². The molecule has 198 valence electrons. The van der Waals surface area contributed by atoms with Crippen LogP contribution in [0.2, 0.25) is 0 Å². The topological polar surface area (TPSA) is 85.2 Å². The van der Waals surface area contributed by atoms with Crippen molar-refractivity contribution in [3.05, 3.63) is 107 Å². The zero-order chi connectivity index (χ0) is 27.7. The van der Waals surface area contributed by atoms with Gasteiger partial charge in [-0.05, 0) is 64.1 Å². The highest BCUT2D eigenvalue weighted by Gasteiger charge is 2.13. The molecular weight excluding hydrogens is 480 g/mol. The van der Waals surface area contributed by atoms with Gasteiger partial charge in [0.05, 0.1) is 14.2 Å². The zero-order valence-corrected chi connectivity index (χ0v) is 22.4. The van der Waals surface area contributed by atoms with Crippen molar-refractivity contribution in [1.29, 1.82) is 0 Å². The van der Waals surface area contributed by atoms with Gasteiger partial charge < -0.3 is 24.4 Å². The van der Waals surface area contributed by atoms with Crippen LogP contribution in [-0.2, 0) is 16.8 Å². The number of methoxy groups -OCH3 is 2. The first-order chi connectivity index (χ1) is 18.1. The summed E-state index contributed by atoms with van der Waals surface area (Å²) in [6.07, 6.45) is 7.11. The highest BCUT2D eigenvalue weighted by Crippen LogP contribution is 2.30. The van der Waals surface area contributed by atoms with Crippen molar-refractivity contribution in [3.8, 4) is 23.0 Å². The fourth-order valence-electron chi connectivity index (χ4n) is 3.57. The molecule has 3 aromatic rings. The molecule has 0 heterocycles. The summed E-state index contributed by atoms with van der Waals surface area (Å²) in [7, 11) is 3.02. The van der Waals surface area contributed by atoms with Crippen LogP contribution in [0.5, 0.6) is 23.0 Å². The maximum atomic E-state index is 12.2. The summed E-state index contributed by atoms with van der Waals surface area (Å²) in [6, 6.07) is 18.5. The molecule has 0 aliphatic rings. The van der Waals surface area contributed by atoms with Crippen LogP contribution in [0.4, 0.5) is 0 Å². The molecule has 0 amide bonds. The number of phenolic OH excluding ortho intramolecular Hbond substituents is 1. The summed E-state index contributed by atoms with van der Waals surface area (Å²) in [5, 5.41) is 19.8. The fourth-order valence-corrected chi connectivity index (χ4v) is 3.57. The Balaban J connectivity index is 1.61. The van der Waals surface area contributed by atoms with E-state index in [0.717, 1.165) is 17.2 Å². The van der Waals surface area contributed by atoms with E-state index in [-0.39, 0.29) is 16.9 Å². The van der Waals surface area contributed by atoms with Crippen LogP contribution in [0, 0.1) is 0 Å². The molecule has 0 fully saturated rings. The largest absolute Gasteiger partial charge is 0.508 e. The van der Waals surface area contributed by atoms with E-state index in [1.165, 1.54) is 30.9 Å². The third-order valence-electron chi connectivity index (χ3n) is 5.78. The minimum Gasteiger partial charge on any atom is -0.508 e. The number of hydrogen-bond donors (Lipinski definition) is 2. The SMILES string of the molecule is COc1cc(/C=C/C(=O)C=C(O)/C=C/c2ccc(OCc3ccc(C(C)(C)C)cc3)c(OC)c2)ccc1O. The van der Waals surface area contributed by atoms with Crippen LogP contribution in [0.25, 0.3) is 12.2 Å². The van der Waals surface area contributed by atoms with Crippen molar-refractivity contribution >= 4 is 17.9 Å². The average molecular weight is 515 g/mol. The number of phenols is 1. The van der Waals surface area contributed by atoms with Gasteiger partial charge in [0.1, 0.15) is 12.4 Å². The molecule has 0 saturated heterocycles. The van der Waals surface area contributed by atoms with Crippen LogP contribution in [0.3, 0.4) is 0 Å². The second-order valence-corrected chi connectivity index (χ2v) is 9.72. The van der Waals surface area contributed by atoms with Crippen molar-refractivity contribution in [2.45, 2.75) is 32.8 Å². The molecule has 0 spiro atoms. The molecule has 0 unspecified atom stereocenters. The van der Waals surface area contributed by atoms with Crippen molar-refractivity contribution < 1.29 is 29.2 Å². The Bertz CT molecular complexity index is 1340. The lowest BCUT2D eigenvalue weighted by Gasteiger charge is -2.19. The van der Waals surface area contributed by atoms with Gasteiger partial charge in [0, 0.05) is 6.08 Å². The summed E-state index contributed by atoms with van der Waals surface area (Å²) >= 11 is 0. The minimum atomic E-state index is -0.393. The summed E-state index contributed by atoms with van der Waals surface area (Å²) in [5.41, 5.74) is 3.86. The molecule has 2 N–H and O–H groups in total. The highest BCUT2D eigenvalue weighted by atomic mass is 16.5. The third kappa shape index (κ3) is 8.03. The van der Waals surface area contributed by atoms with Gasteiger partial charge in [-0.3, -0.25) is 4.79 Å². The summed E-state index contributed by atoms with van der Waals surface area (Å²) in [6.45, 7) is 6.95. The maximum absolute atomic E-state index is 12.2. The molecule has 0 aromatic heterocycles. The number of carbonyl (C=O) groups is 1. The molecule has 0 saturated carbocycles. The molecule has 0 atom stereocenters. The van der Waals surface area contributed by atoms with E-state index >= 15 is 0 Å². The lowest BCUT2D eigenvalue weighted by Crippen LogP contribution is -2.10. The molecule has 0 bridgehead atoms. The molecular formula is C32H34O6. The number of aliphatic hydroxyl groups is 1. The number of aromatic hydroxyl groups is 1. The van der Waals surface area contributed by atoms with Gasteiger partial charge >= 0.3 is 0 Å². The lowest BCUT2D eigenvalue weighted by atomic mass is 9.87. The van der Waals surface area contributed by atoms with E-state index < -0.39 is 5.78 Å². The molecule has 6 heteroatoms. The van der Waals surface area contributed by atoms with E-state index in [0.29, 0.717) is 29.4 Å². The van der Waals surface area contributed by atoms with Crippen LogP contribution < -0.4 is 14.2 Å². The van der Waals surface area contributed by atoms with Gasteiger partial charge in [-0.1, -0.05) is 69.3 Å². The number of carbonyl (C=O) groups excluding carboxylic acids is 1. The first-order valence-electron chi connectivity index (χ1n) is 12.2. The number of rotatable bonds is 10. The van der Waals surface area contributed by atoms with E-state index in [2.05, 4.69) is 45.0 Å². The molecule has 0 aliphatic carbocycles. The molecule has 6 nitrogen and oxygen atoms in total. The predicted molar refractivity (Wildman–Crippen MR) is 151 cm³/mol. The standard InChI is InChI=1S/C32H34O6/c1-32(2,3)25-12-6-24(7-13-25)21-38-29-17-11-23(19-31(29)37-5)9-15-27(34)20-26(33)14-8-22-10-16-28(35)30(18-22)36-4/h6-20,34-35H,21H2,1-5H3/b14-8+,15-9+,27-20?. The second-order valence-electron chi connectivity index (χ2n) is 9.72.